The van der Waals surface area contributed by atoms with Gasteiger partial charge in [-0.1, -0.05) is 15.9 Å². The molecule has 1 rings (SSSR count). The molecule has 2 atom stereocenters. The smallest absolute Gasteiger partial charge is 0.390 e. The van der Waals surface area contributed by atoms with Crippen LogP contribution in [-0.4, -0.2) is 21.6 Å². The van der Waals surface area contributed by atoms with E-state index in [4.69, 9.17) is 0 Å². The van der Waals surface area contributed by atoms with Crippen molar-refractivity contribution in [3.05, 3.63) is 35.1 Å². The largest absolute Gasteiger partial charge is 0.416 e. The number of benzene rings is 1. The molecular weight excluding hydrogens is 320 g/mol. The molecule has 102 valence electrons. The van der Waals surface area contributed by atoms with Gasteiger partial charge in [-0.05, 0) is 30.2 Å². The maximum Gasteiger partial charge on any atom is 0.416 e. The van der Waals surface area contributed by atoms with Gasteiger partial charge in [0.25, 0.3) is 0 Å². The van der Waals surface area contributed by atoms with Crippen molar-refractivity contribution in [2.24, 2.45) is 0 Å². The molecule has 2 unspecified atom stereocenters. The normalized spacial score (nSPS) is 15.5. The third kappa shape index (κ3) is 3.93. The Morgan fingerprint density at radius 3 is 2.28 bits per heavy atom. The number of hydrogen-bond acceptors (Lipinski definition) is 2. The molecule has 0 radical (unpaired) electrons. The van der Waals surface area contributed by atoms with E-state index in [1.165, 1.54) is 0 Å². The van der Waals surface area contributed by atoms with Crippen LogP contribution < -0.4 is 0 Å². The molecule has 0 aliphatic carbocycles. The molecule has 0 fully saturated rings. The van der Waals surface area contributed by atoms with Crippen molar-refractivity contribution in [3.8, 4) is 0 Å². The number of alkyl halides is 4. The van der Waals surface area contributed by atoms with Crippen molar-refractivity contribution in [1.29, 1.82) is 0 Å². The molecule has 1 aromatic rings. The fourth-order valence-corrected chi connectivity index (χ4v) is 1.91. The van der Waals surface area contributed by atoms with Gasteiger partial charge in [0, 0.05) is 5.33 Å². The maximum absolute atomic E-state index is 13.1. The lowest BCUT2D eigenvalue weighted by atomic mass is 10.00. The summed E-state index contributed by atoms with van der Waals surface area (Å²) in [5, 5.41) is 19.5. The zero-order valence-electron chi connectivity index (χ0n) is 9.09. The number of aliphatic hydroxyl groups is 2. The monoisotopic (exact) mass is 330 g/mol. The first-order valence-electron chi connectivity index (χ1n) is 5.05. The zero-order chi connectivity index (χ0) is 13.9. The van der Waals surface area contributed by atoms with Gasteiger partial charge in [0.05, 0.1) is 11.7 Å². The highest BCUT2D eigenvalue weighted by Crippen LogP contribution is 2.32. The highest BCUT2D eigenvalue weighted by atomic mass is 79.9. The van der Waals surface area contributed by atoms with E-state index in [1.807, 2.05) is 0 Å². The molecule has 1 aromatic carbocycles. The molecule has 0 heterocycles. The van der Waals surface area contributed by atoms with Crippen LogP contribution >= 0.6 is 15.9 Å². The van der Waals surface area contributed by atoms with Gasteiger partial charge in [0.1, 0.15) is 11.9 Å². The second kappa shape index (κ2) is 5.99. The Labute approximate surface area is 109 Å². The standard InChI is InChI=1S/C11H11BrF4O2/c12-2-1-9(17)10(18)6-3-7(11(14,15)16)5-8(13)4-6/h3-5,9-10,17-18H,1-2H2. The molecular formula is C11H11BrF4O2. The first kappa shape index (κ1) is 15.4. The quantitative estimate of drug-likeness (QED) is 0.658. The molecule has 7 heteroatoms. The van der Waals surface area contributed by atoms with Crippen LogP contribution in [0.15, 0.2) is 18.2 Å². The third-order valence-electron chi connectivity index (χ3n) is 2.36. The summed E-state index contributed by atoms with van der Waals surface area (Å²) in [7, 11) is 0. The lowest BCUT2D eigenvalue weighted by molar-refractivity contribution is -0.137. The van der Waals surface area contributed by atoms with Crippen molar-refractivity contribution in [2.75, 3.05) is 5.33 Å². The Bertz CT molecular complexity index is 409. The first-order valence-corrected chi connectivity index (χ1v) is 6.17. The van der Waals surface area contributed by atoms with Crippen LogP contribution in [0, 0.1) is 5.82 Å². The van der Waals surface area contributed by atoms with E-state index in [2.05, 4.69) is 15.9 Å². The van der Waals surface area contributed by atoms with Gasteiger partial charge < -0.3 is 10.2 Å². The summed E-state index contributed by atoms with van der Waals surface area (Å²) in [4.78, 5) is 0. The van der Waals surface area contributed by atoms with E-state index in [1.54, 1.807) is 0 Å². The van der Waals surface area contributed by atoms with Crippen LogP contribution in [0.25, 0.3) is 0 Å². The van der Waals surface area contributed by atoms with Crippen LogP contribution in [0.4, 0.5) is 17.6 Å². The Kier molecular flexibility index (Phi) is 5.12. The van der Waals surface area contributed by atoms with Gasteiger partial charge in [0.2, 0.25) is 0 Å². The SMILES string of the molecule is OC(CCBr)C(O)c1cc(F)cc(C(F)(F)F)c1. The topological polar surface area (TPSA) is 40.5 Å². The van der Waals surface area contributed by atoms with Crippen molar-refractivity contribution >= 4 is 15.9 Å². The first-order chi connectivity index (χ1) is 8.25. The third-order valence-corrected chi connectivity index (χ3v) is 2.82. The molecule has 0 bridgehead atoms. The average molecular weight is 331 g/mol. The van der Waals surface area contributed by atoms with E-state index in [0.29, 0.717) is 17.5 Å². The van der Waals surface area contributed by atoms with Gasteiger partial charge in [-0.15, -0.1) is 0 Å². The molecule has 0 saturated heterocycles. The van der Waals surface area contributed by atoms with E-state index in [-0.39, 0.29) is 12.0 Å². The molecule has 0 aliphatic rings. The lowest BCUT2D eigenvalue weighted by Gasteiger charge is -2.18. The number of hydrogen-bond donors (Lipinski definition) is 2. The minimum absolute atomic E-state index is 0.138. The van der Waals surface area contributed by atoms with E-state index >= 15 is 0 Å². The van der Waals surface area contributed by atoms with Crippen molar-refractivity contribution in [3.63, 3.8) is 0 Å². The molecule has 0 saturated carbocycles. The number of rotatable bonds is 4. The Morgan fingerprint density at radius 2 is 1.78 bits per heavy atom. The van der Waals surface area contributed by atoms with Crippen LogP contribution in [0.3, 0.4) is 0 Å². The Balaban J connectivity index is 3.06. The van der Waals surface area contributed by atoms with Gasteiger partial charge in [-0.25, -0.2) is 4.39 Å². The van der Waals surface area contributed by atoms with Gasteiger partial charge in [0.15, 0.2) is 0 Å². The summed E-state index contributed by atoms with van der Waals surface area (Å²) in [6.45, 7) is 0. The van der Waals surface area contributed by atoms with Crippen LogP contribution in [0.2, 0.25) is 0 Å². The summed E-state index contributed by atoms with van der Waals surface area (Å²) in [6.07, 6.45) is -7.37. The molecule has 0 spiro atoms. The minimum atomic E-state index is -4.70. The summed E-state index contributed by atoms with van der Waals surface area (Å²) < 4.78 is 50.4. The summed E-state index contributed by atoms with van der Waals surface area (Å²) in [5.74, 6) is -1.11. The van der Waals surface area contributed by atoms with Gasteiger partial charge in [-0.3, -0.25) is 0 Å². The summed E-state index contributed by atoms with van der Waals surface area (Å²) in [6, 6.07) is 1.75. The average Bonchev–Trinajstić information content (AvgIpc) is 2.26. The minimum Gasteiger partial charge on any atom is -0.390 e. The predicted molar refractivity (Wildman–Crippen MR) is 60.8 cm³/mol. The number of halogens is 5. The lowest BCUT2D eigenvalue weighted by Crippen LogP contribution is -2.19. The molecule has 0 aromatic heterocycles. The maximum atomic E-state index is 13.1. The highest BCUT2D eigenvalue weighted by molar-refractivity contribution is 9.09. The highest BCUT2D eigenvalue weighted by Gasteiger charge is 2.32. The second-order valence-electron chi connectivity index (χ2n) is 3.76. The number of aliphatic hydroxyl groups excluding tert-OH is 2. The van der Waals surface area contributed by atoms with Crippen LogP contribution in [-0.2, 0) is 6.18 Å². The van der Waals surface area contributed by atoms with Crippen molar-refractivity contribution < 1.29 is 27.8 Å². The second-order valence-corrected chi connectivity index (χ2v) is 4.55. The fraction of sp³-hybridized carbons (Fsp3) is 0.455. The molecule has 2 N–H and O–H groups in total. The van der Waals surface area contributed by atoms with Crippen molar-refractivity contribution in [1.82, 2.24) is 0 Å². The Morgan fingerprint density at radius 1 is 1.17 bits per heavy atom. The predicted octanol–water partition coefficient (Wildman–Crippen LogP) is 3.02. The molecule has 2 nitrogen and oxygen atoms in total. The molecule has 0 aliphatic heterocycles. The van der Waals surface area contributed by atoms with E-state index in [9.17, 15) is 27.8 Å². The molecule has 0 amide bonds. The fourth-order valence-electron chi connectivity index (χ4n) is 1.44. The van der Waals surface area contributed by atoms with E-state index < -0.39 is 29.8 Å². The summed E-state index contributed by atoms with van der Waals surface area (Å²) in [5.41, 5.74) is -1.49. The van der Waals surface area contributed by atoms with Crippen molar-refractivity contribution in [2.45, 2.75) is 24.8 Å². The van der Waals surface area contributed by atoms with Crippen LogP contribution in [0.1, 0.15) is 23.7 Å². The molecule has 18 heavy (non-hydrogen) atoms. The van der Waals surface area contributed by atoms with Crippen LogP contribution in [0.5, 0.6) is 0 Å². The van der Waals surface area contributed by atoms with Gasteiger partial charge in [-0.2, -0.15) is 13.2 Å². The van der Waals surface area contributed by atoms with Gasteiger partial charge >= 0.3 is 6.18 Å². The Hall–Kier alpha value is -0.660. The van der Waals surface area contributed by atoms with E-state index in [0.717, 1.165) is 6.07 Å². The summed E-state index contributed by atoms with van der Waals surface area (Å²) >= 11 is 3.03. The zero-order valence-corrected chi connectivity index (χ0v) is 10.7.